The van der Waals surface area contributed by atoms with Crippen LogP contribution in [0.2, 0.25) is 0 Å². The average Bonchev–Trinajstić information content (AvgIpc) is 1.62. The van der Waals surface area contributed by atoms with Crippen LogP contribution in [0.25, 0.3) is 0 Å². The summed E-state index contributed by atoms with van der Waals surface area (Å²) >= 11 is 0. The molecule has 16 heteroatoms. The molecule has 0 bridgehead atoms. The molecule has 6 amide bonds. The molecule has 0 atom stereocenters. The van der Waals surface area contributed by atoms with Crippen molar-refractivity contribution in [3.8, 4) is 0 Å². The smallest absolute Gasteiger partial charge is 0.251 e. The van der Waals surface area contributed by atoms with Crippen LogP contribution in [0.1, 0.15) is 254 Å². The van der Waals surface area contributed by atoms with Crippen LogP contribution in [0.15, 0.2) is 118 Å². The number of azo groups is 2. The van der Waals surface area contributed by atoms with E-state index in [4.69, 9.17) is 0 Å². The fraction of sp³-hybridized carbons (Fsp3) is 0.595. The minimum absolute atomic E-state index is 0.0170. The zero-order chi connectivity index (χ0) is 65.2. The molecular formula is C74H112N10O6. The van der Waals surface area contributed by atoms with Gasteiger partial charge in [-0.1, -0.05) is 182 Å². The highest BCUT2D eigenvalue weighted by Crippen LogP contribution is 2.28. The maximum atomic E-state index is 14.1. The molecule has 0 aromatic heterocycles. The van der Waals surface area contributed by atoms with Crippen LogP contribution in [0.5, 0.6) is 0 Å². The van der Waals surface area contributed by atoms with Gasteiger partial charge in [-0.25, -0.2) is 0 Å². The summed E-state index contributed by atoms with van der Waals surface area (Å²) < 4.78 is 0. The van der Waals surface area contributed by atoms with E-state index in [2.05, 4.69) is 121 Å². The maximum absolute atomic E-state index is 14.1. The van der Waals surface area contributed by atoms with E-state index in [0.717, 1.165) is 49.9 Å². The predicted molar refractivity (Wildman–Crippen MR) is 367 cm³/mol. The van der Waals surface area contributed by atoms with Gasteiger partial charge in [0.1, 0.15) is 0 Å². The van der Waals surface area contributed by atoms with Crippen LogP contribution >= 0.6 is 0 Å². The largest absolute Gasteiger partial charge is 0.356 e. The summed E-state index contributed by atoms with van der Waals surface area (Å²) in [5, 5.41) is 29.5. The van der Waals surface area contributed by atoms with Crippen molar-refractivity contribution in [1.82, 2.24) is 31.1 Å². The number of carbonyl (C=O) groups excluding carboxylic acids is 6. The molecule has 0 heterocycles. The molecule has 0 saturated carbocycles. The van der Waals surface area contributed by atoms with Crippen molar-refractivity contribution < 1.29 is 28.8 Å². The zero-order valence-electron chi connectivity index (χ0n) is 56.4. The number of amides is 6. The molecule has 0 fully saturated rings. The van der Waals surface area contributed by atoms with Crippen LogP contribution in [0.4, 0.5) is 22.7 Å². The number of carbonyl (C=O) groups is 6. The van der Waals surface area contributed by atoms with Crippen molar-refractivity contribution in [3.63, 3.8) is 0 Å². The summed E-state index contributed by atoms with van der Waals surface area (Å²) in [6.45, 7) is 20.3. The second-order valence-corrected chi connectivity index (χ2v) is 26.1. The van der Waals surface area contributed by atoms with Gasteiger partial charge in [0.05, 0.1) is 22.7 Å². The lowest BCUT2D eigenvalue weighted by Crippen LogP contribution is -2.39. The topological polar surface area (TPSA) is 206 Å². The summed E-state index contributed by atoms with van der Waals surface area (Å²) in [6.07, 6.45) is 24.2. The first-order valence-corrected chi connectivity index (χ1v) is 34.3. The van der Waals surface area contributed by atoms with E-state index in [0.29, 0.717) is 113 Å². The van der Waals surface area contributed by atoms with Gasteiger partial charge < -0.3 is 31.1 Å². The Morgan fingerprint density at radius 2 is 0.578 bits per heavy atom. The van der Waals surface area contributed by atoms with Crippen LogP contribution in [-0.4, -0.2) is 97.6 Å². The Morgan fingerprint density at radius 3 is 0.856 bits per heavy atom. The van der Waals surface area contributed by atoms with Gasteiger partial charge in [0, 0.05) is 89.2 Å². The molecular weight excluding hydrogens is 1120 g/mol. The number of unbranched alkanes of at least 4 members (excludes halogenated alkanes) is 16. The van der Waals surface area contributed by atoms with E-state index in [1.165, 1.54) is 88.2 Å². The molecule has 0 spiro atoms. The quantitative estimate of drug-likeness (QED) is 0.0250. The second kappa shape index (κ2) is 43.6. The molecule has 4 rings (SSSR count). The lowest BCUT2D eigenvalue weighted by atomic mass is 9.87. The summed E-state index contributed by atoms with van der Waals surface area (Å²) in [5.41, 5.74) is 6.09. The fourth-order valence-corrected chi connectivity index (χ4v) is 10.4. The molecule has 494 valence electrons. The lowest BCUT2D eigenvalue weighted by Gasteiger charge is -2.25. The molecule has 0 saturated heterocycles. The van der Waals surface area contributed by atoms with Crippen molar-refractivity contribution in [2.24, 2.45) is 20.5 Å². The molecule has 4 aromatic rings. The van der Waals surface area contributed by atoms with E-state index < -0.39 is 0 Å². The standard InChI is InChI=1S/C74H112N10O6/c1-9-11-13-15-17-19-21-23-25-31-67(85)75-51-27-55-83(56-28-52-76-68(86)32-26-24-22-20-18-16-14-12-10-2)69(87)49-50-70(88)84(57-29-53-77-71(89)59-33-41-63(42-34-59)79-81-65-45-37-61(38-46-65)73(3,4)5)58-30-54-78-72(90)60-35-43-64(44-36-60)80-82-66-47-39-62(40-48-66)74(6,7)8/h33-48H,9-32,49-58H2,1-8H3,(H,75,85)(H,76,86)(H,77,89)(H,78,90). The number of nitrogens with zero attached hydrogens (tertiary/aromatic N) is 6. The van der Waals surface area contributed by atoms with E-state index >= 15 is 0 Å². The number of hydrogen-bond acceptors (Lipinski definition) is 10. The molecule has 0 unspecified atom stereocenters. The summed E-state index contributed by atoms with van der Waals surface area (Å²) in [4.78, 5) is 83.8. The SMILES string of the molecule is CCCCCCCCCCCC(=O)NCCCN(CCCNC(=O)CCCCCCCCCCC)C(=O)CCC(=O)N(CCCNC(=O)c1ccc(N=Nc2ccc(C(C)(C)C)cc2)cc1)CCCNC(=O)c1ccc(N=Nc2ccc(C(C)(C)C)cc2)cc1. The highest BCUT2D eigenvalue weighted by atomic mass is 16.2. The molecule has 0 aliphatic heterocycles. The van der Waals surface area contributed by atoms with Crippen molar-refractivity contribution >= 4 is 58.2 Å². The van der Waals surface area contributed by atoms with Crippen LogP contribution in [-0.2, 0) is 30.0 Å². The van der Waals surface area contributed by atoms with Gasteiger partial charge in [0.15, 0.2) is 0 Å². The molecule has 4 aromatic carbocycles. The molecule has 16 nitrogen and oxygen atoms in total. The van der Waals surface area contributed by atoms with E-state index in [-0.39, 0.29) is 59.1 Å². The molecule has 90 heavy (non-hydrogen) atoms. The van der Waals surface area contributed by atoms with Gasteiger partial charge in [-0.3, -0.25) is 28.8 Å². The van der Waals surface area contributed by atoms with Crippen molar-refractivity contribution in [3.05, 3.63) is 119 Å². The third kappa shape index (κ3) is 32.6. The minimum atomic E-state index is -0.263. The Balaban J connectivity index is 1.34. The van der Waals surface area contributed by atoms with Crippen LogP contribution in [0, 0.1) is 0 Å². The molecule has 0 aliphatic carbocycles. The normalized spacial score (nSPS) is 11.7. The number of rotatable bonds is 45. The third-order valence-electron chi connectivity index (χ3n) is 16.2. The van der Waals surface area contributed by atoms with E-state index in [9.17, 15) is 28.8 Å². The first kappa shape index (κ1) is 75.4. The average molecular weight is 1240 g/mol. The fourth-order valence-electron chi connectivity index (χ4n) is 10.4. The molecule has 0 radical (unpaired) electrons. The summed E-state index contributed by atoms with van der Waals surface area (Å²) in [6, 6.07) is 29.8. The van der Waals surface area contributed by atoms with E-state index in [1.54, 1.807) is 58.3 Å². The third-order valence-corrected chi connectivity index (χ3v) is 16.2. The monoisotopic (exact) mass is 1240 g/mol. The summed E-state index contributed by atoms with van der Waals surface area (Å²) in [5.74, 6) is -0.864. The number of benzene rings is 4. The molecule has 4 N–H and O–H groups in total. The zero-order valence-corrected chi connectivity index (χ0v) is 56.4. The van der Waals surface area contributed by atoms with Gasteiger partial charge in [0.25, 0.3) is 11.8 Å². The van der Waals surface area contributed by atoms with Crippen molar-refractivity contribution in [2.45, 2.75) is 233 Å². The number of nitrogens with one attached hydrogen (secondary N) is 4. The minimum Gasteiger partial charge on any atom is -0.356 e. The Labute approximate surface area is 540 Å². The summed E-state index contributed by atoms with van der Waals surface area (Å²) in [7, 11) is 0. The Morgan fingerprint density at radius 1 is 0.322 bits per heavy atom. The highest BCUT2D eigenvalue weighted by Gasteiger charge is 2.20. The van der Waals surface area contributed by atoms with Crippen molar-refractivity contribution in [1.29, 1.82) is 0 Å². The van der Waals surface area contributed by atoms with Crippen LogP contribution in [0.3, 0.4) is 0 Å². The van der Waals surface area contributed by atoms with E-state index in [1.807, 2.05) is 24.3 Å². The van der Waals surface area contributed by atoms with Crippen LogP contribution < -0.4 is 21.3 Å². The second-order valence-electron chi connectivity index (χ2n) is 26.1. The van der Waals surface area contributed by atoms with Gasteiger partial charge in [-0.15, -0.1) is 0 Å². The Bertz CT molecular complexity index is 2580. The molecule has 0 aliphatic rings. The first-order chi connectivity index (χ1) is 43.4. The predicted octanol–water partition coefficient (Wildman–Crippen LogP) is 17.3. The highest BCUT2D eigenvalue weighted by molar-refractivity contribution is 5.95. The lowest BCUT2D eigenvalue weighted by molar-refractivity contribution is -0.137. The number of hydrogen-bond donors (Lipinski definition) is 4. The Kier molecular flexibility index (Phi) is 36.5. The maximum Gasteiger partial charge on any atom is 0.251 e. The van der Waals surface area contributed by atoms with Crippen molar-refractivity contribution in [2.75, 3.05) is 52.4 Å². The Hall–Kier alpha value is -7.10. The van der Waals surface area contributed by atoms with Gasteiger partial charge in [-0.05, 0) is 133 Å². The van der Waals surface area contributed by atoms with Gasteiger partial charge in [0.2, 0.25) is 23.6 Å². The van der Waals surface area contributed by atoms with Gasteiger partial charge in [-0.2, -0.15) is 20.5 Å². The first-order valence-electron chi connectivity index (χ1n) is 34.3. The van der Waals surface area contributed by atoms with Gasteiger partial charge >= 0.3 is 0 Å².